The quantitative estimate of drug-likeness (QED) is 0.568. The van der Waals surface area contributed by atoms with Crippen molar-refractivity contribution < 1.29 is 17.9 Å². The van der Waals surface area contributed by atoms with Crippen molar-refractivity contribution in [1.82, 2.24) is 9.97 Å². The van der Waals surface area contributed by atoms with Gasteiger partial charge in [-0.25, -0.2) is 9.97 Å². The Kier molecular flexibility index (Phi) is 5.67. The van der Waals surface area contributed by atoms with Gasteiger partial charge in [-0.1, -0.05) is 0 Å². The Morgan fingerprint density at radius 2 is 1.36 bits per heavy atom. The van der Waals surface area contributed by atoms with Crippen molar-refractivity contribution >= 4 is 23.0 Å². The summed E-state index contributed by atoms with van der Waals surface area (Å²) in [5.41, 5.74) is 0.620. The van der Waals surface area contributed by atoms with Crippen LogP contribution in [0.3, 0.4) is 0 Å². The van der Waals surface area contributed by atoms with Gasteiger partial charge in [0.2, 0.25) is 0 Å². The topological polar surface area (TPSA) is 59.1 Å². The molecule has 0 saturated heterocycles. The van der Waals surface area contributed by atoms with Crippen LogP contribution in [0.1, 0.15) is 18.3 Å². The standard InChI is InChI=1S/C20H19F3N4O/c1-3-28-17-10-8-16(9-11-17)27-19-12-18(24-13(2)25-19)26-15-6-4-14(5-7-15)20(21,22)23/h4-12H,3H2,1-2H3,(H2,24,25,26,27). The molecule has 5 nitrogen and oxygen atoms in total. The van der Waals surface area contributed by atoms with Crippen LogP contribution in [0.25, 0.3) is 0 Å². The van der Waals surface area contributed by atoms with Gasteiger partial charge >= 0.3 is 6.18 Å². The van der Waals surface area contributed by atoms with Crippen molar-refractivity contribution in [3.8, 4) is 5.75 Å². The first-order valence-electron chi connectivity index (χ1n) is 8.63. The first-order valence-corrected chi connectivity index (χ1v) is 8.63. The van der Waals surface area contributed by atoms with Gasteiger partial charge in [0, 0.05) is 17.4 Å². The Hall–Kier alpha value is -3.29. The number of hydrogen-bond acceptors (Lipinski definition) is 5. The van der Waals surface area contributed by atoms with Gasteiger partial charge in [0.05, 0.1) is 12.2 Å². The predicted octanol–water partition coefficient (Wildman–Crippen LogP) is 5.69. The number of rotatable bonds is 6. The van der Waals surface area contributed by atoms with Crippen molar-refractivity contribution in [3.63, 3.8) is 0 Å². The van der Waals surface area contributed by atoms with E-state index in [4.69, 9.17) is 4.74 Å². The molecular formula is C20H19F3N4O. The normalized spacial score (nSPS) is 11.2. The van der Waals surface area contributed by atoms with Crippen LogP contribution in [0.5, 0.6) is 5.75 Å². The second-order valence-corrected chi connectivity index (χ2v) is 5.97. The Labute approximate surface area is 160 Å². The third kappa shape index (κ3) is 5.12. The average molecular weight is 388 g/mol. The maximum absolute atomic E-state index is 12.7. The average Bonchev–Trinajstić information content (AvgIpc) is 2.63. The summed E-state index contributed by atoms with van der Waals surface area (Å²) in [6.07, 6.45) is -4.36. The van der Waals surface area contributed by atoms with Gasteiger partial charge in [0.1, 0.15) is 23.2 Å². The molecule has 0 spiro atoms. The van der Waals surface area contributed by atoms with Gasteiger partial charge in [-0.2, -0.15) is 13.2 Å². The fraction of sp³-hybridized carbons (Fsp3) is 0.200. The molecule has 2 aromatic carbocycles. The monoisotopic (exact) mass is 388 g/mol. The third-order valence-electron chi connectivity index (χ3n) is 3.76. The molecule has 0 aliphatic carbocycles. The summed E-state index contributed by atoms with van der Waals surface area (Å²) in [6.45, 7) is 4.25. The van der Waals surface area contributed by atoms with Gasteiger partial charge < -0.3 is 15.4 Å². The molecule has 3 rings (SSSR count). The smallest absolute Gasteiger partial charge is 0.416 e. The van der Waals surface area contributed by atoms with E-state index in [1.54, 1.807) is 13.0 Å². The molecule has 146 valence electrons. The van der Waals surface area contributed by atoms with Crippen LogP contribution in [0.15, 0.2) is 54.6 Å². The van der Waals surface area contributed by atoms with Crippen LogP contribution in [-0.2, 0) is 6.18 Å². The number of nitrogens with one attached hydrogen (secondary N) is 2. The minimum Gasteiger partial charge on any atom is -0.494 e. The molecule has 8 heteroatoms. The Morgan fingerprint density at radius 1 is 0.857 bits per heavy atom. The van der Waals surface area contributed by atoms with E-state index in [2.05, 4.69) is 20.6 Å². The largest absolute Gasteiger partial charge is 0.494 e. The van der Waals surface area contributed by atoms with Crippen LogP contribution in [0.4, 0.5) is 36.2 Å². The molecule has 0 unspecified atom stereocenters. The van der Waals surface area contributed by atoms with Crippen molar-refractivity contribution in [1.29, 1.82) is 0 Å². The van der Waals surface area contributed by atoms with E-state index in [1.807, 2.05) is 31.2 Å². The van der Waals surface area contributed by atoms with Crippen LogP contribution in [0.2, 0.25) is 0 Å². The van der Waals surface area contributed by atoms with E-state index in [9.17, 15) is 13.2 Å². The molecule has 0 amide bonds. The van der Waals surface area contributed by atoms with Gasteiger partial charge in [-0.15, -0.1) is 0 Å². The van der Waals surface area contributed by atoms with E-state index in [0.717, 1.165) is 23.6 Å². The number of anilines is 4. The van der Waals surface area contributed by atoms with Gasteiger partial charge in [-0.3, -0.25) is 0 Å². The fourth-order valence-corrected chi connectivity index (χ4v) is 2.54. The number of aromatic nitrogens is 2. The Bertz CT molecular complexity index is 926. The summed E-state index contributed by atoms with van der Waals surface area (Å²) < 4.78 is 43.4. The van der Waals surface area contributed by atoms with E-state index in [0.29, 0.717) is 29.8 Å². The zero-order chi connectivity index (χ0) is 20.1. The first-order chi connectivity index (χ1) is 13.3. The van der Waals surface area contributed by atoms with Crippen LogP contribution < -0.4 is 15.4 Å². The molecule has 28 heavy (non-hydrogen) atoms. The number of nitrogens with zero attached hydrogens (tertiary/aromatic N) is 2. The van der Waals surface area contributed by atoms with Gasteiger partial charge in [0.25, 0.3) is 0 Å². The first kappa shape index (κ1) is 19.5. The number of aryl methyl sites for hydroxylation is 1. The van der Waals surface area contributed by atoms with Crippen molar-refractivity contribution in [2.24, 2.45) is 0 Å². The molecule has 3 aromatic rings. The molecular weight excluding hydrogens is 369 g/mol. The minimum absolute atomic E-state index is 0.473. The number of hydrogen-bond donors (Lipinski definition) is 2. The molecule has 2 N–H and O–H groups in total. The highest BCUT2D eigenvalue weighted by Gasteiger charge is 2.29. The van der Waals surface area contributed by atoms with E-state index in [-0.39, 0.29) is 0 Å². The molecule has 0 fully saturated rings. The van der Waals surface area contributed by atoms with Crippen LogP contribution in [-0.4, -0.2) is 16.6 Å². The third-order valence-corrected chi connectivity index (χ3v) is 3.76. The zero-order valence-electron chi connectivity index (χ0n) is 15.3. The molecule has 0 bridgehead atoms. The SMILES string of the molecule is CCOc1ccc(Nc2cc(Nc3ccc(C(F)(F)F)cc3)nc(C)n2)cc1. The summed E-state index contributed by atoms with van der Waals surface area (Å²) in [4.78, 5) is 8.61. The lowest BCUT2D eigenvalue weighted by atomic mass is 10.2. The van der Waals surface area contributed by atoms with Crippen molar-refractivity contribution in [2.75, 3.05) is 17.2 Å². The predicted molar refractivity (Wildman–Crippen MR) is 102 cm³/mol. The summed E-state index contributed by atoms with van der Waals surface area (Å²) in [7, 11) is 0. The van der Waals surface area contributed by atoms with E-state index >= 15 is 0 Å². The fourth-order valence-electron chi connectivity index (χ4n) is 2.54. The van der Waals surface area contributed by atoms with Crippen molar-refractivity contribution in [2.45, 2.75) is 20.0 Å². The summed E-state index contributed by atoms with van der Waals surface area (Å²) in [6, 6.07) is 13.9. The van der Waals surface area contributed by atoms with Crippen LogP contribution >= 0.6 is 0 Å². The highest BCUT2D eigenvalue weighted by Crippen LogP contribution is 2.30. The highest BCUT2D eigenvalue weighted by molar-refractivity contribution is 5.63. The number of alkyl halides is 3. The summed E-state index contributed by atoms with van der Waals surface area (Å²) in [5, 5.41) is 6.17. The Morgan fingerprint density at radius 3 is 1.82 bits per heavy atom. The zero-order valence-corrected chi connectivity index (χ0v) is 15.3. The summed E-state index contributed by atoms with van der Waals surface area (Å²) in [5.74, 6) is 2.33. The Balaban J connectivity index is 1.74. The number of benzene rings is 2. The minimum atomic E-state index is -4.36. The second-order valence-electron chi connectivity index (χ2n) is 5.97. The summed E-state index contributed by atoms with van der Waals surface area (Å²) >= 11 is 0. The van der Waals surface area contributed by atoms with Crippen molar-refractivity contribution in [3.05, 3.63) is 66.0 Å². The number of ether oxygens (including phenoxy) is 1. The lowest BCUT2D eigenvalue weighted by Crippen LogP contribution is -2.05. The van der Waals surface area contributed by atoms with E-state index < -0.39 is 11.7 Å². The second kappa shape index (κ2) is 8.16. The lowest BCUT2D eigenvalue weighted by molar-refractivity contribution is -0.137. The highest BCUT2D eigenvalue weighted by atomic mass is 19.4. The van der Waals surface area contributed by atoms with Gasteiger partial charge in [0.15, 0.2) is 0 Å². The molecule has 1 aromatic heterocycles. The molecule has 0 aliphatic rings. The van der Waals surface area contributed by atoms with Gasteiger partial charge in [-0.05, 0) is 62.4 Å². The molecule has 1 heterocycles. The van der Waals surface area contributed by atoms with Crippen LogP contribution in [0, 0.1) is 6.92 Å². The lowest BCUT2D eigenvalue weighted by Gasteiger charge is -2.12. The molecule has 0 atom stereocenters. The maximum Gasteiger partial charge on any atom is 0.416 e. The maximum atomic E-state index is 12.7. The van der Waals surface area contributed by atoms with E-state index in [1.165, 1.54) is 12.1 Å². The number of halogens is 3. The molecule has 0 radical (unpaired) electrons. The molecule has 0 saturated carbocycles. The molecule has 0 aliphatic heterocycles.